The van der Waals surface area contributed by atoms with Crippen molar-refractivity contribution in [1.29, 1.82) is 5.26 Å². The average Bonchev–Trinajstić information content (AvgIpc) is 2.04. The lowest BCUT2D eigenvalue weighted by atomic mass is 10.1. The molecule has 53 valence electrons. The van der Waals surface area contributed by atoms with Crippen molar-refractivity contribution >= 4 is 0 Å². The van der Waals surface area contributed by atoms with Crippen LogP contribution in [0.5, 0.6) is 0 Å². The summed E-state index contributed by atoms with van der Waals surface area (Å²) in [6, 6.07) is 5.95. The highest BCUT2D eigenvalue weighted by Crippen LogP contribution is 2.08. The Balaban J connectivity index is 3.22. The predicted molar refractivity (Wildman–Crippen MR) is 39.1 cm³/mol. The molecule has 1 aromatic rings. The lowest BCUT2D eigenvalue weighted by molar-refractivity contribution is 0.623. The molecule has 0 atom stereocenters. The van der Waals surface area contributed by atoms with E-state index >= 15 is 0 Å². The van der Waals surface area contributed by atoms with Crippen LogP contribution in [-0.2, 0) is 0 Å². The number of hydrogen-bond donors (Lipinski definition) is 0. The second-order valence-corrected chi connectivity index (χ2v) is 1.98. The number of rotatable bonds is 1. The van der Waals surface area contributed by atoms with Crippen molar-refractivity contribution in [2.45, 2.75) is 0 Å². The van der Waals surface area contributed by atoms with Gasteiger partial charge in [0.1, 0.15) is 11.9 Å². The van der Waals surface area contributed by atoms with Crippen LogP contribution in [0.1, 0.15) is 11.1 Å². The van der Waals surface area contributed by atoms with Crippen LogP contribution in [0.25, 0.3) is 0 Å². The van der Waals surface area contributed by atoms with E-state index in [0.717, 1.165) is 0 Å². The molecule has 0 aliphatic carbocycles. The van der Waals surface area contributed by atoms with Crippen molar-refractivity contribution in [3.8, 4) is 6.07 Å². The number of halogens is 1. The third-order valence-electron chi connectivity index (χ3n) is 1.29. The van der Waals surface area contributed by atoms with Gasteiger partial charge in [-0.15, -0.1) is 0 Å². The molecule has 2 heteroatoms. The Bertz CT molecular complexity index is 323. The van der Waals surface area contributed by atoms with Gasteiger partial charge in [0.25, 0.3) is 0 Å². The molecule has 11 heavy (non-hydrogen) atoms. The van der Waals surface area contributed by atoms with Crippen LogP contribution in [0.3, 0.4) is 0 Å². The maximum absolute atomic E-state index is 12.7. The molecule has 0 aromatic heterocycles. The van der Waals surface area contributed by atoms with Gasteiger partial charge in [-0.1, -0.05) is 12.6 Å². The lowest BCUT2D eigenvalue weighted by Gasteiger charge is -1.93. The summed E-state index contributed by atoms with van der Waals surface area (Å²) in [4.78, 5) is 0. The van der Waals surface area contributed by atoms with Crippen molar-refractivity contribution in [3.63, 3.8) is 0 Å². The molecular weight excluding hydrogens is 141 g/mol. The van der Waals surface area contributed by atoms with E-state index in [4.69, 9.17) is 5.26 Å². The zero-order valence-electron chi connectivity index (χ0n) is 5.76. The van der Waals surface area contributed by atoms with Gasteiger partial charge in [0.05, 0.1) is 5.56 Å². The van der Waals surface area contributed by atoms with E-state index < -0.39 is 5.82 Å². The normalized spacial score (nSPS) is 8.73. The van der Waals surface area contributed by atoms with Crippen LogP contribution < -0.4 is 0 Å². The van der Waals surface area contributed by atoms with Crippen molar-refractivity contribution in [2.75, 3.05) is 0 Å². The summed E-state index contributed by atoms with van der Waals surface area (Å²) < 4.78 is 12.7. The Hall–Kier alpha value is -1.62. The zero-order valence-corrected chi connectivity index (χ0v) is 5.76. The van der Waals surface area contributed by atoms with Crippen molar-refractivity contribution in [1.82, 2.24) is 0 Å². The largest absolute Gasteiger partial charge is 0.206 e. The van der Waals surface area contributed by atoms with Gasteiger partial charge in [-0.3, -0.25) is 0 Å². The predicted octanol–water partition coefficient (Wildman–Crippen LogP) is 2.03. The zero-order chi connectivity index (χ0) is 8.27. The molecule has 0 unspecified atom stereocenters. The van der Waals surface area contributed by atoms with Gasteiger partial charge < -0.3 is 0 Å². The minimum absolute atomic E-state index is 0.0454. The first-order chi connectivity index (χ1) is 5.27. The Morgan fingerprint density at radius 2 is 2.18 bits per heavy atom. The van der Waals surface area contributed by atoms with E-state index in [0.29, 0.717) is 5.56 Å². The maximum Gasteiger partial charge on any atom is 0.141 e. The van der Waals surface area contributed by atoms with Gasteiger partial charge in [-0.25, -0.2) is 4.39 Å². The topological polar surface area (TPSA) is 23.8 Å². The SMILES string of the molecule is C=[C]c1ccc(C#N)c(F)c1. The van der Waals surface area contributed by atoms with E-state index in [1.807, 2.05) is 0 Å². The molecule has 0 fully saturated rings. The highest BCUT2D eigenvalue weighted by molar-refractivity contribution is 5.35. The first-order valence-electron chi connectivity index (χ1n) is 3.00. The quantitative estimate of drug-likeness (QED) is 0.594. The lowest BCUT2D eigenvalue weighted by Crippen LogP contribution is -1.83. The number of hydrogen-bond acceptors (Lipinski definition) is 1. The highest BCUT2D eigenvalue weighted by Gasteiger charge is 1.99. The molecule has 0 saturated heterocycles. The summed E-state index contributed by atoms with van der Waals surface area (Å²) >= 11 is 0. The standard InChI is InChI=1S/C9H5FN/c1-2-7-3-4-8(6-11)9(10)5-7/h3-5H,1H2. The molecule has 1 aromatic carbocycles. The second kappa shape index (κ2) is 2.98. The molecule has 0 heterocycles. The van der Waals surface area contributed by atoms with Gasteiger partial charge >= 0.3 is 0 Å². The number of nitrogens with zero attached hydrogens (tertiary/aromatic N) is 1. The average molecular weight is 146 g/mol. The van der Waals surface area contributed by atoms with Crippen molar-refractivity contribution < 1.29 is 4.39 Å². The Morgan fingerprint density at radius 1 is 1.45 bits per heavy atom. The molecule has 0 bridgehead atoms. The van der Waals surface area contributed by atoms with Crippen molar-refractivity contribution in [3.05, 3.63) is 47.8 Å². The molecular formula is C9H5FN. The maximum atomic E-state index is 12.7. The molecule has 0 aliphatic rings. The highest BCUT2D eigenvalue weighted by atomic mass is 19.1. The number of benzene rings is 1. The van der Waals surface area contributed by atoms with E-state index in [1.54, 1.807) is 12.1 Å². The summed E-state index contributed by atoms with van der Waals surface area (Å²) in [5.41, 5.74) is 0.602. The van der Waals surface area contributed by atoms with E-state index in [9.17, 15) is 4.39 Å². The Kier molecular flexibility index (Phi) is 2.03. The first kappa shape index (κ1) is 7.49. The van der Waals surface area contributed by atoms with Crippen molar-refractivity contribution in [2.24, 2.45) is 0 Å². The Morgan fingerprint density at radius 3 is 2.64 bits per heavy atom. The second-order valence-electron chi connectivity index (χ2n) is 1.98. The van der Waals surface area contributed by atoms with Gasteiger partial charge in [-0.05, 0) is 23.8 Å². The molecule has 1 radical (unpaired) electrons. The molecule has 0 amide bonds. The third kappa shape index (κ3) is 1.44. The van der Waals surface area contributed by atoms with E-state index in [2.05, 4.69) is 12.7 Å². The fourth-order valence-corrected chi connectivity index (χ4v) is 0.716. The van der Waals surface area contributed by atoms with Gasteiger partial charge in [-0.2, -0.15) is 5.26 Å². The summed E-state index contributed by atoms with van der Waals surface area (Å²) in [6.45, 7) is 3.35. The fraction of sp³-hybridized carbons (Fsp3) is 0. The molecule has 1 rings (SSSR count). The van der Waals surface area contributed by atoms with Crippen LogP contribution in [0.15, 0.2) is 24.8 Å². The van der Waals surface area contributed by atoms with Gasteiger partial charge in [0, 0.05) is 0 Å². The monoisotopic (exact) mass is 146 g/mol. The molecule has 0 aliphatic heterocycles. The minimum atomic E-state index is -0.527. The summed E-state index contributed by atoms with van der Waals surface area (Å²) in [6.07, 6.45) is 2.52. The van der Waals surface area contributed by atoms with Crippen LogP contribution >= 0.6 is 0 Å². The molecule has 0 saturated carbocycles. The molecule has 0 spiro atoms. The van der Waals surface area contributed by atoms with Gasteiger partial charge in [0.2, 0.25) is 0 Å². The smallest absolute Gasteiger partial charge is 0.141 e. The third-order valence-corrected chi connectivity index (χ3v) is 1.29. The molecule has 0 N–H and O–H groups in total. The molecule has 1 nitrogen and oxygen atoms in total. The summed E-state index contributed by atoms with van der Waals surface area (Å²) in [7, 11) is 0. The van der Waals surface area contributed by atoms with Crippen LogP contribution in [0.2, 0.25) is 0 Å². The van der Waals surface area contributed by atoms with E-state index in [-0.39, 0.29) is 5.56 Å². The van der Waals surface area contributed by atoms with Crippen LogP contribution in [0, 0.1) is 23.2 Å². The Labute approximate surface area is 64.4 Å². The summed E-state index contributed by atoms with van der Waals surface area (Å²) in [5, 5.41) is 8.36. The van der Waals surface area contributed by atoms with Crippen LogP contribution in [0.4, 0.5) is 4.39 Å². The fourth-order valence-electron chi connectivity index (χ4n) is 0.716. The minimum Gasteiger partial charge on any atom is -0.206 e. The summed E-state index contributed by atoms with van der Waals surface area (Å²) in [5.74, 6) is -0.527. The number of nitriles is 1. The van der Waals surface area contributed by atoms with Crippen LogP contribution in [-0.4, -0.2) is 0 Å². The van der Waals surface area contributed by atoms with E-state index in [1.165, 1.54) is 12.1 Å². The van der Waals surface area contributed by atoms with Gasteiger partial charge in [0.15, 0.2) is 0 Å². The first-order valence-corrected chi connectivity index (χ1v) is 3.00.